The van der Waals surface area contributed by atoms with Crippen LogP contribution in [0.2, 0.25) is 0 Å². The van der Waals surface area contributed by atoms with Crippen LogP contribution in [-0.4, -0.2) is 23.4 Å². The van der Waals surface area contributed by atoms with E-state index in [1.807, 2.05) is 24.3 Å². The van der Waals surface area contributed by atoms with E-state index in [4.69, 9.17) is 5.11 Å². The number of aromatic carboxylic acids is 1. The Labute approximate surface area is 161 Å². The molecule has 0 unspecified atom stereocenters. The van der Waals surface area contributed by atoms with E-state index in [9.17, 15) is 9.59 Å². The van der Waals surface area contributed by atoms with Gasteiger partial charge in [-0.3, -0.25) is 4.79 Å². The van der Waals surface area contributed by atoms with E-state index in [1.165, 1.54) is 56.2 Å². The van der Waals surface area contributed by atoms with E-state index in [-0.39, 0.29) is 17.9 Å². The van der Waals surface area contributed by atoms with Gasteiger partial charge in [0.05, 0.1) is 12.1 Å². The maximum absolute atomic E-state index is 12.3. The SMILES string of the molecule is CCCCCCCCc1ccc(C(=O)CNc2ccc(C(=O)O)cc2)cc1. The third-order valence-corrected chi connectivity index (χ3v) is 4.68. The molecule has 0 heterocycles. The van der Waals surface area contributed by atoms with Crippen molar-refractivity contribution >= 4 is 17.4 Å². The second-order valence-electron chi connectivity index (χ2n) is 6.87. The minimum atomic E-state index is -0.960. The molecule has 2 rings (SSSR count). The number of carbonyl (C=O) groups excluding carboxylic acids is 1. The molecule has 0 aromatic heterocycles. The second-order valence-corrected chi connectivity index (χ2v) is 6.87. The molecule has 0 saturated heterocycles. The molecular weight excluding hydrogens is 338 g/mol. The predicted octanol–water partition coefficient (Wildman–Crippen LogP) is 5.58. The van der Waals surface area contributed by atoms with Gasteiger partial charge in [0.2, 0.25) is 0 Å². The van der Waals surface area contributed by atoms with Crippen LogP contribution in [0.5, 0.6) is 0 Å². The lowest BCUT2D eigenvalue weighted by atomic mass is 10.0. The van der Waals surface area contributed by atoms with Gasteiger partial charge in [0.25, 0.3) is 0 Å². The molecule has 2 aromatic carbocycles. The van der Waals surface area contributed by atoms with Gasteiger partial charge < -0.3 is 10.4 Å². The first-order valence-corrected chi connectivity index (χ1v) is 9.79. The van der Waals surface area contributed by atoms with E-state index in [1.54, 1.807) is 12.1 Å². The summed E-state index contributed by atoms with van der Waals surface area (Å²) < 4.78 is 0. The second kappa shape index (κ2) is 11.2. The molecule has 27 heavy (non-hydrogen) atoms. The summed E-state index contributed by atoms with van der Waals surface area (Å²) in [6, 6.07) is 14.2. The molecule has 4 heteroatoms. The van der Waals surface area contributed by atoms with Crippen LogP contribution in [0.15, 0.2) is 48.5 Å². The minimum Gasteiger partial charge on any atom is -0.478 e. The fraction of sp³-hybridized carbons (Fsp3) is 0.391. The van der Waals surface area contributed by atoms with Gasteiger partial charge in [-0.25, -0.2) is 4.79 Å². The molecule has 0 saturated carbocycles. The largest absolute Gasteiger partial charge is 0.478 e. The van der Waals surface area contributed by atoms with E-state index in [0.717, 1.165) is 12.1 Å². The number of carboxylic acids is 1. The third-order valence-electron chi connectivity index (χ3n) is 4.68. The van der Waals surface area contributed by atoms with E-state index in [0.29, 0.717) is 5.56 Å². The number of Topliss-reactive ketones (excluding diaryl/α,β-unsaturated/α-hetero) is 1. The van der Waals surface area contributed by atoms with Crippen molar-refractivity contribution in [2.24, 2.45) is 0 Å². The average Bonchev–Trinajstić information content (AvgIpc) is 2.69. The summed E-state index contributed by atoms with van der Waals surface area (Å²) in [5.74, 6) is -0.942. The fourth-order valence-corrected chi connectivity index (χ4v) is 2.98. The van der Waals surface area contributed by atoms with E-state index in [2.05, 4.69) is 12.2 Å². The van der Waals surface area contributed by atoms with Crippen molar-refractivity contribution in [1.82, 2.24) is 0 Å². The molecule has 0 aliphatic carbocycles. The molecule has 2 aromatic rings. The van der Waals surface area contributed by atoms with Gasteiger partial charge in [-0.2, -0.15) is 0 Å². The van der Waals surface area contributed by atoms with Crippen LogP contribution in [0.25, 0.3) is 0 Å². The first-order chi connectivity index (χ1) is 13.1. The topological polar surface area (TPSA) is 66.4 Å². The number of ketones is 1. The normalized spacial score (nSPS) is 10.6. The van der Waals surface area contributed by atoms with Crippen molar-refractivity contribution in [3.05, 3.63) is 65.2 Å². The van der Waals surface area contributed by atoms with Crippen molar-refractivity contribution in [3.63, 3.8) is 0 Å². The van der Waals surface area contributed by atoms with Gasteiger partial charge in [0.1, 0.15) is 0 Å². The number of rotatable bonds is 12. The molecule has 0 atom stereocenters. The monoisotopic (exact) mass is 367 g/mol. The Morgan fingerprint density at radius 2 is 1.41 bits per heavy atom. The molecule has 2 N–H and O–H groups in total. The van der Waals surface area contributed by atoms with Crippen molar-refractivity contribution in [1.29, 1.82) is 0 Å². The molecular formula is C23H29NO3. The molecule has 4 nitrogen and oxygen atoms in total. The Balaban J connectivity index is 1.75. The molecule has 0 amide bonds. The Bertz CT molecular complexity index is 720. The van der Waals surface area contributed by atoms with Gasteiger partial charge >= 0.3 is 5.97 Å². The quantitative estimate of drug-likeness (QED) is 0.379. The third kappa shape index (κ3) is 7.26. The van der Waals surface area contributed by atoms with Crippen LogP contribution < -0.4 is 5.32 Å². The van der Waals surface area contributed by atoms with Crippen LogP contribution in [0, 0.1) is 0 Å². The van der Waals surface area contributed by atoms with Crippen LogP contribution in [-0.2, 0) is 6.42 Å². The molecule has 0 aliphatic heterocycles. The molecule has 0 bridgehead atoms. The van der Waals surface area contributed by atoms with Gasteiger partial charge in [-0.1, -0.05) is 63.3 Å². The number of aryl methyl sites for hydroxylation is 1. The summed E-state index contributed by atoms with van der Waals surface area (Å²) in [5.41, 5.74) is 2.93. The number of carbonyl (C=O) groups is 2. The number of benzene rings is 2. The van der Waals surface area contributed by atoms with Gasteiger partial charge in [-0.15, -0.1) is 0 Å². The Hall–Kier alpha value is -2.62. The summed E-state index contributed by atoms with van der Waals surface area (Å²) in [6.07, 6.45) is 8.77. The van der Waals surface area contributed by atoms with Crippen LogP contribution in [0.3, 0.4) is 0 Å². The highest BCUT2D eigenvalue weighted by Gasteiger charge is 2.07. The number of hydrogen-bond donors (Lipinski definition) is 2. The van der Waals surface area contributed by atoms with Crippen molar-refractivity contribution < 1.29 is 14.7 Å². The summed E-state index contributed by atoms with van der Waals surface area (Å²) in [5, 5.41) is 11.9. The zero-order valence-electron chi connectivity index (χ0n) is 16.0. The van der Waals surface area contributed by atoms with Crippen molar-refractivity contribution in [3.8, 4) is 0 Å². The van der Waals surface area contributed by atoms with Crippen molar-refractivity contribution in [2.45, 2.75) is 51.9 Å². The first-order valence-electron chi connectivity index (χ1n) is 9.79. The van der Waals surface area contributed by atoms with Gasteiger partial charge in [0.15, 0.2) is 5.78 Å². The average molecular weight is 367 g/mol. The van der Waals surface area contributed by atoms with Gasteiger partial charge in [-0.05, 0) is 42.7 Å². The smallest absolute Gasteiger partial charge is 0.335 e. The Morgan fingerprint density at radius 1 is 0.815 bits per heavy atom. The van der Waals surface area contributed by atoms with E-state index < -0.39 is 5.97 Å². The number of carboxylic acid groups (broad SMARTS) is 1. The lowest BCUT2D eigenvalue weighted by Gasteiger charge is -2.07. The maximum atomic E-state index is 12.3. The highest BCUT2D eigenvalue weighted by atomic mass is 16.4. The molecule has 0 aliphatic rings. The predicted molar refractivity (Wildman–Crippen MR) is 110 cm³/mol. The minimum absolute atomic E-state index is 0.0171. The number of hydrogen-bond acceptors (Lipinski definition) is 3. The van der Waals surface area contributed by atoms with Crippen molar-refractivity contribution in [2.75, 3.05) is 11.9 Å². The molecule has 0 fully saturated rings. The van der Waals surface area contributed by atoms with Crippen LogP contribution in [0.4, 0.5) is 5.69 Å². The zero-order valence-corrected chi connectivity index (χ0v) is 16.0. The fourth-order valence-electron chi connectivity index (χ4n) is 2.98. The standard InChI is InChI=1S/C23H29NO3/c1-2-3-4-5-6-7-8-18-9-11-19(12-10-18)22(25)17-24-21-15-13-20(14-16-21)23(26)27/h9-16,24H,2-8,17H2,1H3,(H,26,27). The Kier molecular flexibility index (Phi) is 8.56. The van der Waals surface area contributed by atoms with Gasteiger partial charge in [0, 0.05) is 11.3 Å². The Morgan fingerprint density at radius 3 is 2.04 bits per heavy atom. The number of anilines is 1. The molecule has 0 radical (unpaired) electrons. The summed E-state index contributed by atoms with van der Waals surface area (Å²) in [7, 11) is 0. The lowest BCUT2D eigenvalue weighted by Crippen LogP contribution is -2.14. The lowest BCUT2D eigenvalue weighted by molar-refractivity contribution is 0.0696. The molecule has 144 valence electrons. The zero-order chi connectivity index (χ0) is 19.5. The van der Waals surface area contributed by atoms with Crippen LogP contribution in [0.1, 0.15) is 71.7 Å². The number of nitrogens with one attached hydrogen (secondary N) is 1. The molecule has 0 spiro atoms. The van der Waals surface area contributed by atoms with Crippen LogP contribution >= 0.6 is 0 Å². The maximum Gasteiger partial charge on any atom is 0.335 e. The van der Waals surface area contributed by atoms with E-state index >= 15 is 0 Å². The summed E-state index contributed by atoms with van der Waals surface area (Å²) in [6.45, 7) is 2.41. The summed E-state index contributed by atoms with van der Waals surface area (Å²) in [4.78, 5) is 23.1. The highest BCUT2D eigenvalue weighted by Crippen LogP contribution is 2.13. The highest BCUT2D eigenvalue weighted by molar-refractivity contribution is 5.99. The number of unbranched alkanes of at least 4 members (excludes halogenated alkanes) is 5. The first kappa shape index (κ1) is 20.7. The summed E-state index contributed by atoms with van der Waals surface area (Å²) >= 11 is 0.